The second kappa shape index (κ2) is 7.94. The summed E-state index contributed by atoms with van der Waals surface area (Å²) in [7, 11) is 1.25. The Labute approximate surface area is 117 Å². The highest BCUT2D eigenvalue weighted by Gasteiger charge is 2.28. The molecule has 2 unspecified atom stereocenters. The van der Waals surface area contributed by atoms with Crippen LogP contribution in [0.4, 0.5) is 8.78 Å². The molecule has 1 rings (SSSR count). The number of ether oxygens (including phenoxy) is 1. The summed E-state index contributed by atoms with van der Waals surface area (Å²) in [6.45, 7) is 1.97. The molecule has 1 aromatic carbocycles. The van der Waals surface area contributed by atoms with Crippen LogP contribution < -0.4 is 0 Å². The largest absolute Gasteiger partial charge is 0.469 e. The zero-order valence-corrected chi connectivity index (χ0v) is 11.7. The lowest BCUT2D eigenvalue weighted by atomic mass is 9.90. The quantitative estimate of drug-likeness (QED) is 0.778. The molecule has 0 saturated carbocycles. The number of benzene rings is 1. The molecule has 20 heavy (non-hydrogen) atoms. The van der Waals surface area contributed by atoms with Crippen LogP contribution in [-0.4, -0.2) is 18.2 Å². The van der Waals surface area contributed by atoms with E-state index in [9.17, 15) is 18.7 Å². The van der Waals surface area contributed by atoms with Crippen LogP contribution in [0.5, 0.6) is 0 Å². The van der Waals surface area contributed by atoms with Gasteiger partial charge in [-0.2, -0.15) is 0 Å². The van der Waals surface area contributed by atoms with Crippen molar-refractivity contribution in [3.63, 3.8) is 0 Å². The Balaban J connectivity index is 2.95. The van der Waals surface area contributed by atoms with Crippen molar-refractivity contribution < 1.29 is 23.4 Å². The molecule has 5 heteroatoms. The van der Waals surface area contributed by atoms with Crippen LogP contribution in [0, 0.1) is 5.92 Å². The van der Waals surface area contributed by atoms with Crippen LogP contribution in [0.1, 0.15) is 49.8 Å². The van der Waals surface area contributed by atoms with Gasteiger partial charge >= 0.3 is 5.97 Å². The molecule has 0 aliphatic heterocycles. The molecule has 3 nitrogen and oxygen atoms in total. The summed E-state index contributed by atoms with van der Waals surface area (Å²) in [6, 6.07) is 5.52. The Morgan fingerprint density at radius 2 is 2.00 bits per heavy atom. The van der Waals surface area contributed by atoms with Crippen LogP contribution in [0.25, 0.3) is 0 Å². The van der Waals surface area contributed by atoms with E-state index < -0.39 is 24.4 Å². The third-order valence-electron chi connectivity index (χ3n) is 3.26. The molecule has 0 bridgehead atoms. The standard InChI is InChI=1S/C15H20F2O3/c1-3-4-8-12(15(19)20-2)13(18)10-6-5-7-11(9-10)14(16)17/h5-7,9,12-14,18H,3-4,8H2,1-2H3. The van der Waals surface area contributed by atoms with Crippen molar-refractivity contribution in [2.45, 2.75) is 38.7 Å². The van der Waals surface area contributed by atoms with Gasteiger partial charge in [0.15, 0.2) is 0 Å². The van der Waals surface area contributed by atoms with Gasteiger partial charge in [0.25, 0.3) is 6.43 Å². The maximum atomic E-state index is 12.7. The molecule has 0 spiro atoms. The summed E-state index contributed by atoms with van der Waals surface area (Å²) in [5.74, 6) is -1.25. The minimum atomic E-state index is -2.60. The molecular weight excluding hydrogens is 266 g/mol. The minimum Gasteiger partial charge on any atom is -0.469 e. The highest BCUT2D eigenvalue weighted by atomic mass is 19.3. The molecule has 0 aromatic heterocycles. The molecule has 2 atom stereocenters. The maximum absolute atomic E-state index is 12.7. The van der Waals surface area contributed by atoms with Gasteiger partial charge in [-0.05, 0) is 18.1 Å². The van der Waals surface area contributed by atoms with Gasteiger partial charge in [-0.1, -0.05) is 38.0 Å². The van der Waals surface area contributed by atoms with Crippen molar-refractivity contribution in [3.05, 3.63) is 35.4 Å². The van der Waals surface area contributed by atoms with Crippen molar-refractivity contribution in [3.8, 4) is 0 Å². The Bertz CT molecular complexity index is 435. The number of esters is 1. The average molecular weight is 286 g/mol. The predicted octanol–water partition coefficient (Wildman–Crippen LogP) is 3.64. The van der Waals surface area contributed by atoms with Crippen molar-refractivity contribution >= 4 is 5.97 Å². The first-order valence-corrected chi connectivity index (χ1v) is 6.65. The predicted molar refractivity (Wildman–Crippen MR) is 71.4 cm³/mol. The topological polar surface area (TPSA) is 46.5 Å². The fourth-order valence-corrected chi connectivity index (χ4v) is 2.09. The van der Waals surface area contributed by atoms with Gasteiger partial charge < -0.3 is 9.84 Å². The number of methoxy groups -OCH3 is 1. The summed E-state index contributed by atoms with van der Waals surface area (Å²) in [5.41, 5.74) is 0.148. The van der Waals surface area contributed by atoms with E-state index in [1.165, 1.54) is 25.3 Å². The van der Waals surface area contributed by atoms with Gasteiger partial charge in [0.2, 0.25) is 0 Å². The average Bonchev–Trinajstić information content (AvgIpc) is 2.47. The van der Waals surface area contributed by atoms with Crippen molar-refractivity contribution in [1.29, 1.82) is 0 Å². The Morgan fingerprint density at radius 1 is 1.35 bits per heavy atom. The van der Waals surface area contributed by atoms with E-state index in [1.807, 2.05) is 6.92 Å². The van der Waals surface area contributed by atoms with Crippen molar-refractivity contribution in [2.24, 2.45) is 5.92 Å². The zero-order chi connectivity index (χ0) is 15.1. The van der Waals surface area contributed by atoms with Gasteiger partial charge in [0.1, 0.15) is 0 Å². The monoisotopic (exact) mass is 286 g/mol. The number of aliphatic hydroxyl groups excluding tert-OH is 1. The van der Waals surface area contributed by atoms with E-state index in [1.54, 1.807) is 6.07 Å². The summed E-state index contributed by atoms with van der Waals surface area (Å²) < 4.78 is 30.0. The molecule has 1 aromatic rings. The first-order valence-electron chi connectivity index (χ1n) is 6.65. The molecule has 0 aliphatic carbocycles. The lowest BCUT2D eigenvalue weighted by Crippen LogP contribution is -2.23. The van der Waals surface area contributed by atoms with Crippen LogP contribution >= 0.6 is 0 Å². The van der Waals surface area contributed by atoms with E-state index in [0.717, 1.165) is 12.8 Å². The molecule has 0 aliphatic rings. The third-order valence-corrected chi connectivity index (χ3v) is 3.26. The number of rotatable bonds is 7. The molecule has 0 fully saturated rings. The molecule has 0 saturated heterocycles. The van der Waals surface area contributed by atoms with E-state index >= 15 is 0 Å². The van der Waals surface area contributed by atoms with E-state index in [-0.39, 0.29) is 5.56 Å². The van der Waals surface area contributed by atoms with Gasteiger partial charge in [-0.3, -0.25) is 4.79 Å². The number of unbranched alkanes of at least 4 members (excludes halogenated alkanes) is 1. The van der Waals surface area contributed by atoms with Gasteiger partial charge in [0, 0.05) is 5.56 Å². The number of hydrogen-bond donors (Lipinski definition) is 1. The van der Waals surface area contributed by atoms with Crippen LogP contribution in [0.15, 0.2) is 24.3 Å². The third kappa shape index (κ3) is 4.27. The highest BCUT2D eigenvalue weighted by Crippen LogP contribution is 2.30. The number of carbonyl (C=O) groups excluding carboxylic acids is 1. The van der Waals surface area contributed by atoms with E-state index in [4.69, 9.17) is 0 Å². The van der Waals surface area contributed by atoms with Crippen LogP contribution in [0.3, 0.4) is 0 Å². The lowest BCUT2D eigenvalue weighted by molar-refractivity contribution is -0.150. The maximum Gasteiger partial charge on any atom is 0.311 e. The number of aliphatic hydroxyl groups is 1. The minimum absolute atomic E-state index is 0.166. The van der Waals surface area contributed by atoms with Gasteiger partial charge in [-0.15, -0.1) is 0 Å². The van der Waals surface area contributed by atoms with Gasteiger partial charge in [-0.25, -0.2) is 8.78 Å². The lowest BCUT2D eigenvalue weighted by Gasteiger charge is -2.21. The SMILES string of the molecule is CCCCC(C(=O)OC)C(O)c1cccc(C(F)F)c1. The van der Waals surface area contributed by atoms with Gasteiger partial charge in [0.05, 0.1) is 19.1 Å². The van der Waals surface area contributed by atoms with Crippen molar-refractivity contribution in [1.82, 2.24) is 0 Å². The number of carbonyl (C=O) groups is 1. The normalized spacial score (nSPS) is 14.1. The number of alkyl halides is 2. The summed E-state index contributed by atoms with van der Waals surface area (Å²) in [6.07, 6.45) is -1.65. The highest BCUT2D eigenvalue weighted by molar-refractivity contribution is 5.73. The summed E-state index contributed by atoms with van der Waals surface area (Å²) in [5, 5.41) is 10.3. The second-order valence-electron chi connectivity index (χ2n) is 4.69. The fraction of sp³-hybridized carbons (Fsp3) is 0.533. The Kier molecular flexibility index (Phi) is 6.58. The smallest absolute Gasteiger partial charge is 0.311 e. The van der Waals surface area contributed by atoms with E-state index in [0.29, 0.717) is 12.0 Å². The first kappa shape index (κ1) is 16.6. The first-order chi connectivity index (χ1) is 9.51. The summed E-state index contributed by atoms with van der Waals surface area (Å²) in [4.78, 5) is 11.7. The molecule has 0 amide bonds. The zero-order valence-electron chi connectivity index (χ0n) is 11.7. The molecule has 112 valence electrons. The second-order valence-corrected chi connectivity index (χ2v) is 4.69. The Morgan fingerprint density at radius 3 is 2.55 bits per heavy atom. The molecule has 0 heterocycles. The van der Waals surface area contributed by atoms with Crippen LogP contribution in [-0.2, 0) is 9.53 Å². The van der Waals surface area contributed by atoms with E-state index in [2.05, 4.69) is 4.74 Å². The molecule has 1 N–H and O–H groups in total. The number of halogens is 2. The van der Waals surface area contributed by atoms with Crippen LogP contribution in [0.2, 0.25) is 0 Å². The Hall–Kier alpha value is -1.49. The molecule has 0 radical (unpaired) electrons. The fourth-order valence-electron chi connectivity index (χ4n) is 2.09. The number of hydrogen-bond acceptors (Lipinski definition) is 3. The van der Waals surface area contributed by atoms with Crippen molar-refractivity contribution in [2.75, 3.05) is 7.11 Å². The molecular formula is C15H20F2O3. The summed E-state index contributed by atoms with van der Waals surface area (Å²) >= 11 is 0.